The molecular formula is C24H19ClN2O3. The second kappa shape index (κ2) is 7.50. The van der Waals surface area contributed by atoms with Gasteiger partial charge >= 0.3 is 5.63 Å². The molecule has 2 heterocycles. The Kier molecular flexibility index (Phi) is 4.68. The van der Waals surface area contributed by atoms with Gasteiger partial charge in [-0.1, -0.05) is 41.9 Å². The molecule has 1 amide bonds. The number of carbonyl (C=O) groups is 1. The van der Waals surface area contributed by atoms with Crippen molar-refractivity contribution in [2.75, 3.05) is 31.1 Å². The minimum atomic E-state index is -0.595. The zero-order valence-electron chi connectivity index (χ0n) is 16.2. The lowest BCUT2D eigenvalue weighted by Crippen LogP contribution is -2.49. The van der Waals surface area contributed by atoms with E-state index in [2.05, 4.69) is 4.90 Å². The van der Waals surface area contributed by atoms with Gasteiger partial charge in [0.2, 0.25) is 0 Å². The molecule has 0 atom stereocenters. The van der Waals surface area contributed by atoms with Gasteiger partial charge in [0, 0.05) is 42.3 Å². The van der Waals surface area contributed by atoms with Crippen LogP contribution in [0.25, 0.3) is 21.7 Å². The van der Waals surface area contributed by atoms with E-state index in [1.165, 1.54) is 0 Å². The summed E-state index contributed by atoms with van der Waals surface area (Å²) in [5, 5.41) is 3.47. The van der Waals surface area contributed by atoms with Crippen LogP contribution in [0.5, 0.6) is 0 Å². The molecule has 0 radical (unpaired) electrons. The number of anilines is 1. The Morgan fingerprint density at radius 1 is 0.867 bits per heavy atom. The maximum Gasteiger partial charge on any atom is 0.349 e. The summed E-state index contributed by atoms with van der Waals surface area (Å²) >= 11 is 5.97. The lowest BCUT2D eigenvalue weighted by molar-refractivity contribution is 0.0742. The van der Waals surface area contributed by atoms with E-state index in [4.69, 9.17) is 16.0 Å². The molecule has 1 aliphatic heterocycles. The Morgan fingerprint density at radius 3 is 2.37 bits per heavy atom. The molecule has 1 saturated heterocycles. The highest BCUT2D eigenvalue weighted by molar-refractivity contribution is 6.30. The van der Waals surface area contributed by atoms with Crippen LogP contribution >= 0.6 is 11.6 Å². The molecule has 1 aliphatic rings. The molecule has 150 valence electrons. The predicted molar refractivity (Wildman–Crippen MR) is 120 cm³/mol. The molecule has 0 spiro atoms. The third kappa shape index (κ3) is 3.31. The number of nitrogens with zero attached hydrogens (tertiary/aromatic N) is 2. The Balaban J connectivity index is 1.42. The topological polar surface area (TPSA) is 53.8 Å². The molecule has 4 aromatic rings. The SMILES string of the molecule is O=C(c1cc2c(ccc3ccccc32)oc1=O)N1CCN(c2ccc(Cl)cc2)CC1. The summed E-state index contributed by atoms with van der Waals surface area (Å²) in [6, 6.07) is 20.9. The fraction of sp³-hybridized carbons (Fsp3) is 0.167. The number of halogens is 1. The lowest BCUT2D eigenvalue weighted by Gasteiger charge is -2.36. The van der Waals surface area contributed by atoms with Crippen LogP contribution in [0.15, 0.2) is 75.9 Å². The molecule has 3 aromatic carbocycles. The fourth-order valence-electron chi connectivity index (χ4n) is 4.01. The predicted octanol–water partition coefficient (Wildman–Crippen LogP) is 4.56. The Labute approximate surface area is 178 Å². The summed E-state index contributed by atoms with van der Waals surface area (Å²) in [5.74, 6) is -0.283. The Hall–Kier alpha value is -3.31. The smallest absolute Gasteiger partial charge is 0.349 e. The third-order valence-corrected chi connectivity index (χ3v) is 5.88. The third-order valence-electron chi connectivity index (χ3n) is 5.63. The van der Waals surface area contributed by atoms with Crippen LogP contribution in [0.4, 0.5) is 5.69 Å². The average Bonchev–Trinajstić information content (AvgIpc) is 2.79. The first-order valence-corrected chi connectivity index (χ1v) is 10.2. The Morgan fingerprint density at radius 2 is 1.60 bits per heavy atom. The van der Waals surface area contributed by atoms with Gasteiger partial charge in [0.05, 0.1) is 0 Å². The standard InChI is InChI=1S/C24H19ClN2O3/c25-17-6-8-18(9-7-17)26-11-13-27(14-12-26)23(28)21-15-20-19-4-2-1-3-16(19)5-10-22(20)30-24(21)29/h1-10,15H,11-14H2. The zero-order valence-corrected chi connectivity index (χ0v) is 16.9. The summed E-state index contributed by atoms with van der Waals surface area (Å²) in [7, 11) is 0. The number of rotatable bonds is 2. The number of carbonyl (C=O) groups excluding carboxylic acids is 1. The number of hydrogen-bond donors (Lipinski definition) is 0. The van der Waals surface area contributed by atoms with E-state index in [1.807, 2.05) is 54.6 Å². The van der Waals surface area contributed by atoms with E-state index in [1.54, 1.807) is 17.0 Å². The van der Waals surface area contributed by atoms with Crippen molar-refractivity contribution in [2.24, 2.45) is 0 Å². The van der Waals surface area contributed by atoms with Gasteiger partial charge < -0.3 is 14.2 Å². The molecule has 30 heavy (non-hydrogen) atoms. The van der Waals surface area contributed by atoms with Crippen molar-refractivity contribution in [1.29, 1.82) is 0 Å². The van der Waals surface area contributed by atoms with E-state index in [0.717, 1.165) is 21.8 Å². The molecule has 0 unspecified atom stereocenters. The van der Waals surface area contributed by atoms with Crippen molar-refractivity contribution in [3.8, 4) is 0 Å². The highest BCUT2D eigenvalue weighted by atomic mass is 35.5. The molecular weight excluding hydrogens is 400 g/mol. The van der Waals surface area contributed by atoms with Gasteiger partial charge in [-0.3, -0.25) is 4.79 Å². The summed E-state index contributed by atoms with van der Waals surface area (Å²) in [4.78, 5) is 29.6. The zero-order chi connectivity index (χ0) is 20.7. The first-order valence-electron chi connectivity index (χ1n) is 9.85. The number of hydrogen-bond acceptors (Lipinski definition) is 4. The largest absolute Gasteiger partial charge is 0.422 e. The van der Waals surface area contributed by atoms with E-state index >= 15 is 0 Å². The van der Waals surface area contributed by atoms with Gasteiger partial charge in [0.1, 0.15) is 11.1 Å². The minimum absolute atomic E-state index is 0.0822. The van der Waals surface area contributed by atoms with Crippen molar-refractivity contribution in [2.45, 2.75) is 0 Å². The van der Waals surface area contributed by atoms with Gasteiger partial charge in [-0.2, -0.15) is 0 Å². The van der Waals surface area contributed by atoms with Crippen molar-refractivity contribution in [1.82, 2.24) is 4.90 Å². The van der Waals surface area contributed by atoms with E-state index in [0.29, 0.717) is 36.8 Å². The summed E-state index contributed by atoms with van der Waals surface area (Å²) < 4.78 is 5.49. The van der Waals surface area contributed by atoms with Crippen molar-refractivity contribution >= 4 is 44.9 Å². The maximum atomic E-state index is 13.1. The molecule has 0 aliphatic carbocycles. The first kappa shape index (κ1) is 18.7. The van der Waals surface area contributed by atoms with Gasteiger partial charge in [-0.25, -0.2) is 4.79 Å². The van der Waals surface area contributed by atoms with Gasteiger partial charge in [-0.05, 0) is 47.2 Å². The van der Waals surface area contributed by atoms with Crippen LogP contribution in [0.2, 0.25) is 5.02 Å². The highest BCUT2D eigenvalue weighted by Gasteiger charge is 2.25. The number of benzene rings is 3. The summed E-state index contributed by atoms with van der Waals surface area (Å²) in [6.07, 6.45) is 0. The number of amides is 1. The van der Waals surface area contributed by atoms with Crippen molar-refractivity contribution in [3.63, 3.8) is 0 Å². The van der Waals surface area contributed by atoms with Gasteiger partial charge in [0.15, 0.2) is 0 Å². The molecule has 0 saturated carbocycles. The van der Waals surface area contributed by atoms with Gasteiger partial charge in [-0.15, -0.1) is 0 Å². The summed E-state index contributed by atoms with van der Waals surface area (Å²) in [5.41, 5.74) is 1.05. The first-order chi connectivity index (χ1) is 14.6. The van der Waals surface area contributed by atoms with Crippen LogP contribution in [-0.2, 0) is 0 Å². The Bertz CT molecular complexity index is 1310. The number of fused-ring (bicyclic) bond motifs is 3. The normalized spacial score (nSPS) is 14.4. The molecule has 6 heteroatoms. The molecule has 0 N–H and O–H groups in total. The maximum absolute atomic E-state index is 13.1. The highest BCUT2D eigenvalue weighted by Crippen LogP contribution is 2.26. The summed E-state index contributed by atoms with van der Waals surface area (Å²) in [6.45, 7) is 2.45. The van der Waals surface area contributed by atoms with Crippen LogP contribution in [-0.4, -0.2) is 37.0 Å². The fourth-order valence-corrected chi connectivity index (χ4v) is 4.14. The second-order valence-electron chi connectivity index (χ2n) is 7.40. The van der Waals surface area contributed by atoms with Crippen LogP contribution < -0.4 is 10.5 Å². The van der Waals surface area contributed by atoms with Crippen molar-refractivity contribution < 1.29 is 9.21 Å². The molecule has 1 fully saturated rings. The van der Waals surface area contributed by atoms with E-state index in [9.17, 15) is 9.59 Å². The second-order valence-corrected chi connectivity index (χ2v) is 7.84. The van der Waals surface area contributed by atoms with Crippen molar-refractivity contribution in [3.05, 3.63) is 87.7 Å². The van der Waals surface area contributed by atoms with Gasteiger partial charge in [0.25, 0.3) is 5.91 Å². The number of piperazine rings is 1. The minimum Gasteiger partial charge on any atom is -0.422 e. The monoisotopic (exact) mass is 418 g/mol. The van der Waals surface area contributed by atoms with Crippen LogP contribution in [0, 0.1) is 0 Å². The molecule has 5 nitrogen and oxygen atoms in total. The van der Waals surface area contributed by atoms with E-state index in [-0.39, 0.29) is 11.5 Å². The van der Waals surface area contributed by atoms with Crippen LogP contribution in [0.1, 0.15) is 10.4 Å². The molecule has 5 rings (SSSR count). The lowest BCUT2D eigenvalue weighted by atomic mass is 10.0. The van der Waals surface area contributed by atoms with Crippen LogP contribution in [0.3, 0.4) is 0 Å². The molecule has 0 bridgehead atoms. The molecule has 1 aromatic heterocycles. The average molecular weight is 419 g/mol. The quantitative estimate of drug-likeness (QED) is 0.353. The van der Waals surface area contributed by atoms with E-state index < -0.39 is 5.63 Å².